The zero-order chi connectivity index (χ0) is 10.3. The molecule has 4 nitrogen and oxygen atoms in total. The van der Waals surface area contributed by atoms with Gasteiger partial charge in [-0.2, -0.15) is 0 Å². The highest BCUT2D eigenvalue weighted by Gasteiger charge is 1.94. The highest BCUT2D eigenvalue weighted by Crippen LogP contribution is 2.07. The van der Waals surface area contributed by atoms with Crippen molar-refractivity contribution >= 4 is 12.2 Å². The van der Waals surface area contributed by atoms with E-state index < -0.39 is 0 Å². The third-order valence-electron chi connectivity index (χ3n) is 1.16. The van der Waals surface area contributed by atoms with Gasteiger partial charge < -0.3 is 5.73 Å². The van der Waals surface area contributed by atoms with Gasteiger partial charge in [-0.15, -0.1) is 0 Å². The molecule has 0 saturated heterocycles. The molecule has 4 heteroatoms. The smallest absolute Gasteiger partial charge is 0.157 e. The third-order valence-corrected chi connectivity index (χ3v) is 1.16. The number of hydrogen-bond donors (Lipinski definition) is 1. The molecule has 0 aromatic carbocycles. The van der Waals surface area contributed by atoms with Gasteiger partial charge in [0.05, 0.1) is 6.34 Å². The second-order valence-electron chi connectivity index (χ2n) is 2.19. The molecule has 1 aromatic heterocycles. The fraction of sp³-hybridized carbons (Fsp3) is 0.444. The van der Waals surface area contributed by atoms with Gasteiger partial charge in [-0.25, -0.2) is 15.0 Å². The Labute approximate surface area is 78.9 Å². The number of aromatic nitrogens is 2. The minimum absolute atomic E-state index is 0.609. The lowest BCUT2D eigenvalue weighted by Crippen LogP contribution is -1.92. The molecule has 0 bridgehead atoms. The fourth-order valence-corrected chi connectivity index (χ4v) is 0.840. The minimum atomic E-state index is 0.609. The lowest BCUT2D eigenvalue weighted by Gasteiger charge is -1.96. The molecule has 0 amide bonds. The van der Waals surface area contributed by atoms with Crippen LogP contribution in [-0.2, 0) is 0 Å². The van der Waals surface area contributed by atoms with Crippen LogP contribution in [0.2, 0.25) is 0 Å². The zero-order valence-electron chi connectivity index (χ0n) is 8.57. The number of nitrogens with zero attached hydrogens (tertiary/aromatic N) is 3. The van der Waals surface area contributed by atoms with Crippen LogP contribution in [0.5, 0.6) is 0 Å². The summed E-state index contributed by atoms with van der Waals surface area (Å²) in [6.45, 7) is 7.72. The molecule has 0 aliphatic carbocycles. The summed E-state index contributed by atoms with van der Waals surface area (Å²) < 4.78 is 0. The van der Waals surface area contributed by atoms with Crippen LogP contribution >= 0.6 is 0 Å². The molecule has 0 atom stereocenters. The van der Waals surface area contributed by atoms with Crippen molar-refractivity contribution in [3.63, 3.8) is 0 Å². The van der Waals surface area contributed by atoms with E-state index in [0.717, 1.165) is 5.69 Å². The highest BCUT2D eigenvalue weighted by atomic mass is 15.0. The number of hydrogen-bond acceptors (Lipinski definition) is 3. The van der Waals surface area contributed by atoms with E-state index in [0.29, 0.717) is 11.6 Å². The molecule has 0 unspecified atom stereocenters. The average Bonchev–Trinajstić information content (AvgIpc) is 2.06. The fourth-order valence-electron chi connectivity index (χ4n) is 0.840. The van der Waals surface area contributed by atoms with Gasteiger partial charge in [0.1, 0.15) is 5.82 Å². The SMILES string of the molecule is CC.Cc1cc(N=CN)nc(C)n1. The summed E-state index contributed by atoms with van der Waals surface area (Å²) >= 11 is 0. The molecule has 72 valence electrons. The molecule has 0 saturated carbocycles. The molecule has 1 aromatic rings. The molecule has 0 aliphatic rings. The van der Waals surface area contributed by atoms with Crippen molar-refractivity contribution < 1.29 is 0 Å². The predicted octanol–water partition coefficient (Wildman–Crippen LogP) is 1.74. The molecule has 1 heterocycles. The van der Waals surface area contributed by atoms with E-state index in [-0.39, 0.29) is 0 Å². The maximum Gasteiger partial charge on any atom is 0.157 e. The lowest BCUT2D eigenvalue weighted by atomic mass is 10.4. The summed E-state index contributed by atoms with van der Waals surface area (Å²) in [6, 6.07) is 1.77. The maximum absolute atomic E-state index is 5.11. The van der Waals surface area contributed by atoms with E-state index in [2.05, 4.69) is 15.0 Å². The molecule has 0 radical (unpaired) electrons. The van der Waals surface area contributed by atoms with Crippen LogP contribution in [-0.4, -0.2) is 16.3 Å². The van der Waals surface area contributed by atoms with Crippen molar-refractivity contribution in [1.29, 1.82) is 0 Å². The van der Waals surface area contributed by atoms with Gasteiger partial charge in [-0.1, -0.05) is 13.8 Å². The summed E-state index contributed by atoms with van der Waals surface area (Å²) in [5, 5.41) is 0. The van der Waals surface area contributed by atoms with Gasteiger partial charge in [-0.3, -0.25) is 0 Å². The van der Waals surface area contributed by atoms with Crippen molar-refractivity contribution in [2.24, 2.45) is 10.7 Å². The Kier molecular flexibility index (Phi) is 5.43. The molecule has 0 spiro atoms. The van der Waals surface area contributed by atoms with Gasteiger partial charge in [0.2, 0.25) is 0 Å². The second-order valence-corrected chi connectivity index (χ2v) is 2.19. The van der Waals surface area contributed by atoms with Crippen molar-refractivity contribution in [3.8, 4) is 0 Å². The first-order valence-corrected chi connectivity index (χ1v) is 4.29. The van der Waals surface area contributed by atoms with Gasteiger partial charge in [0.15, 0.2) is 5.82 Å². The number of rotatable bonds is 1. The Bertz CT molecular complexity index is 261. The maximum atomic E-state index is 5.11. The zero-order valence-corrected chi connectivity index (χ0v) is 8.57. The van der Waals surface area contributed by atoms with Crippen LogP contribution in [0, 0.1) is 13.8 Å². The molecule has 0 fully saturated rings. The predicted molar refractivity (Wildman–Crippen MR) is 55.2 cm³/mol. The molecular formula is C9H16N4. The van der Waals surface area contributed by atoms with Crippen molar-refractivity contribution in [2.75, 3.05) is 0 Å². The van der Waals surface area contributed by atoms with Crippen LogP contribution in [0.3, 0.4) is 0 Å². The Balaban J connectivity index is 0.000000671. The number of aryl methyl sites for hydroxylation is 2. The van der Waals surface area contributed by atoms with Gasteiger partial charge in [0.25, 0.3) is 0 Å². The van der Waals surface area contributed by atoms with Gasteiger partial charge in [0, 0.05) is 11.8 Å². The largest absolute Gasteiger partial charge is 0.390 e. The van der Waals surface area contributed by atoms with Crippen LogP contribution in [0.1, 0.15) is 25.4 Å². The Morgan fingerprint density at radius 1 is 1.31 bits per heavy atom. The number of aliphatic imine (C=N–C) groups is 1. The van der Waals surface area contributed by atoms with Crippen LogP contribution in [0.15, 0.2) is 11.1 Å². The van der Waals surface area contributed by atoms with Crippen LogP contribution in [0.25, 0.3) is 0 Å². The first kappa shape index (κ1) is 11.6. The van der Waals surface area contributed by atoms with E-state index in [4.69, 9.17) is 5.73 Å². The second kappa shape index (κ2) is 6.11. The van der Waals surface area contributed by atoms with Gasteiger partial charge >= 0.3 is 0 Å². The first-order valence-electron chi connectivity index (χ1n) is 4.29. The summed E-state index contributed by atoms with van der Waals surface area (Å²) in [5.41, 5.74) is 6.01. The van der Waals surface area contributed by atoms with Gasteiger partial charge in [-0.05, 0) is 13.8 Å². The molecular weight excluding hydrogens is 164 g/mol. The summed E-state index contributed by atoms with van der Waals surface area (Å²) in [7, 11) is 0. The molecule has 13 heavy (non-hydrogen) atoms. The highest BCUT2D eigenvalue weighted by molar-refractivity contribution is 5.56. The molecule has 2 N–H and O–H groups in total. The average molecular weight is 180 g/mol. The Morgan fingerprint density at radius 2 is 1.92 bits per heavy atom. The monoisotopic (exact) mass is 180 g/mol. The third kappa shape index (κ3) is 4.20. The Morgan fingerprint density at radius 3 is 2.38 bits per heavy atom. The Hall–Kier alpha value is -1.45. The van der Waals surface area contributed by atoms with E-state index in [1.54, 1.807) is 6.07 Å². The quantitative estimate of drug-likeness (QED) is 0.529. The first-order chi connectivity index (χ1) is 6.22. The van der Waals surface area contributed by atoms with E-state index in [1.165, 1.54) is 6.34 Å². The minimum Gasteiger partial charge on any atom is -0.390 e. The van der Waals surface area contributed by atoms with Crippen LogP contribution < -0.4 is 5.73 Å². The van der Waals surface area contributed by atoms with Crippen molar-refractivity contribution in [3.05, 3.63) is 17.6 Å². The summed E-state index contributed by atoms with van der Waals surface area (Å²) in [5.74, 6) is 1.32. The standard InChI is InChI=1S/C7H10N4.C2H6/c1-5-3-7(9-4-8)11-6(2)10-5;1-2/h3-4H,1-2H3,(H2,8,9,10,11);1-2H3. The van der Waals surface area contributed by atoms with Crippen molar-refractivity contribution in [1.82, 2.24) is 9.97 Å². The normalized spacial score (nSPS) is 9.54. The topological polar surface area (TPSA) is 64.2 Å². The van der Waals surface area contributed by atoms with Crippen LogP contribution in [0.4, 0.5) is 5.82 Å². The molecule has 1 rings (SSSR count). The summed E-state index contributed by atoms with van der Waals surface area (Å²) in [6.07, 6.45) is 1.22. The summed E-state index contributed by atoms with van der Waals surface area (Å²) in [4.78, 5) is 12.0. The number of nitrogens with two attached hydrogens (primary N) is 1. The molecule has 0 aliphatic heterocycles. The van der Waals surface area contributed by atoms with E-state index >= 15 is 0 Å². The lowest BCUT2D eigenvalue weighted by molar-refractivity contribution is 1.01. The van der Waals surface area contributed by atoms with E-state index in [1.807, 2.05) is 27.7 Å². The van der Waals surface area contributed by atoms with E-state index in [9.17, 15) is 0 Å². The van der Waals surface area contributed by atoms with Crippen molar-refractivity contribution in [2.45, 2.75) is 27.7 Å².